The average molecular weight is 501 g/mol. The van der Waals surface area contributed by atoms with Crippen LogP contribution in [0.15, 0.2) is 36.4 Å². The first kappa shape index (κ1) is 24.8. The quantitative estimate of drug-likeness (QED) is 0.406. The van der Waals surface area contributed by atoms with Gasteiger partial charge in [-0.25, -0.2) is 4.79 Å². The predicted molar refractivity (Wildman–Crippen MR) is 134 cm³/mol. The third-order valence-electron chi connectivity index (χ3n) is 10.4. The van der Waals surface area contributed by atoms with E-state index in [-0.39, 0.29) is 29.3 Å². The fourth-order valence-corrected chi connectivity index (χ4v) is 8.83. The number of aliphatic hydroxyl groups is 1. The number of halogens is 1. The van der Waals surface area contributed by atoms with E-state index >= 15 is 0 Å². The number of carbonyl (C=O) groups is 2. The number of hydrogen-bond acceptors (Lipinski definition) is 5. The summed E-state index contributed by atoms with van der Waals surface area (Å²) in [5.74, 6) is 0.225. The summed E-state index contributed by atoms with van der Waals surface area (Å²) in [7, 11) is 0. The zero-order chi connectivity index (χ0) is 25.2. The zero-order valence-electron chi connectivity index (χ0n) is 21.0. The Bertz CT molecular complexity index is 1040. The first-order valence-corrected chi connectivity index (χ1v) is 13.3. The summed E-state index contributed by atoms with van der Waals surface area (Å²) in [6.45, 7) is 10.4. The summed E-state index contributed by atoms with van der Waals surface area (Å²) in [4.78, 5) is 25.0. The van der Waals surface area contributed by atoms with Gasteiger partial charge in [-0.15, -0.1) is 0 Å². The molecule has 5 rings (SSSR count). The van der Waals surface area contributed by atoms with Gasteiger partial charge in [-0.1, -0.05) is 37.6 Å². The van der Waals surface area contributed by atoms with Crippen molar-refractivity contribution in [2.75, 3.05) is 6.61 Å². The van der Waals surface area contributed by atoms with Crippen LogP contribution in [0.1, 0.15) is 76.1 Å². The van der Waals surface area contributed by atoms with Gasteiger partial charge in [0.2, 0.25) is 0 Å². The van der Waals surface area contributed by atoms with Crippen molar-refractivity contribution < 1.29 is 24.2 Å². The maximum absolute atomic E-state index is 13.1. The van der Waals surface area contributed by atoms with Gasteiger partial charge in [0.25, 0.3) is 0 Å². The molecule has 0 unspecified atom stereocenters. The largest absolute Gasteiger partial charge is 0.465 e. The number of ether oxygens (including phenoxy) is 2. The highest BCUT2D eigenvalue weighted by atomic mass is 35.5. The Morgan fingerprint density at radius 1 is 1.14 bits per heavy atom. The summed E-state index contributed by atoms with van der Waals surface area (Å²) in [6, 6.07) is 6.69. The molecule has 0 amide bonds. The maximum atomic E-state index is 13.1. The molecule has 0 aliphatic heterocycles. The topological polar surface area (TPSA) is 72.8 Å². The Hall–Kier alpha value is -1.85. The molecule has 0 heterocycles. The molecule has 0 radical (unpaired) electrons. The molecule has 4 saturated carbocycles. The first-order valence-electron chi connectivity index (χ1n) is 13.0. The molecule has 1 aromatic carbocycles. The summed E-state index contributed by atoms with van der Waals surface area (Å²) in [5, 5.41) is 12.2. The number of esters is 2. The third-order valence-corrected chi connectivity index (χ3v) is 10.6. The molecule has 4 aliphatic carbocycles. The molecule has 0 saturated heterocycles. The van der Waals surface area contributed by atoms with Crippen molar-refractivity contribution in [3.05, 3.63) is 47.0 Å². The van der Waals surface area contributed by atoms with Crippen molar-refractivity contribution in [3.8, 4) is 0 Å². The molecule has 8 atom stereocenters. The lowest BCUT2D eigenvalue weighted by atomic mass is 9.40. The Morgan fingerprint density at radius 3 is 2.54 bits per heavy atom. The van der Waals surface area contributed by atoms with Crippen molar-refractivity contribution >= 4 is 23.5 Å². The predicted octanol–water partition coefficient (Wildman–Crippen LogP) is 5.98. The molecule has 2 bridgehead atoms. The highest BCUT2D eigenvalue weighted by Crippen LogP contribution is 2.72. The fourth-order valence-electron chi connectivity index (χ4n) is 8.71. The van der Waals surface area contributed by atoms with Crippen LogP contribution in [-0.2, 0) is 14.3 Å². The molecule has 4 fully saturated rings. The van der Waals surface area contributed by atoms with E-state index in [9.17, 15) is 14.7 Å². The van der Waals surface area contributed by atoms with Crippen molar-refractivity contribution in [1.29, 1.82) is 0 Å². The van der Waals surface area contributed by atoms with E-state index < -0.39 is 23.6 Å². The van der Waals surface area contributed by atoms with Crippen molar-refractivity contribution in [2.45, 2.75) is 77.9 Å². The van der Waals surface area contributed by atoms with Crippen LogP contribution in [0, 0.1) is 34.0 Å². The minimum absolute atomic E-state index is 0.0348. The van der Waals surface area contributed by atoms with Gasteiger partial charge in [0.05, 0.1) is 11.7 Å². The van der Waals surface area contributed by atoms with Crippen LogP contribution in [0.4, 0.5) is 0 Å². The minimum atomic E-state index is -0.601. The normalized spacial score (nSPS) is 42.1. The van der Waals surface area contributed by atoms with E-state index in [4.69, 9.17) is 21.1 Å². The molecule has 1 spiro atoms. The van der Waals surface area contributed by atoms with Gasteiger partial charge in [-0.2, -0.15) is 0 Å². The molecule has 6 heteroatoms. The maximum Gasteiger partial charge on any atom is 0.338 e. The van der Waals surface area contributed by atoms with Crippen molar-refractivity contribution in [2.24, 2.45) is 34.0 Å². The van der Waals surface area contributed by atoms with E-state index in [1.165, 1.54) is 12.5 Å². The second-order valence-electron chi connectivity index (χ2n) is 12.1. The molecular weight excluding hydrogens is 464 g/mol. The van der Waals surface area contributed by atoms with Gasteiger partial charge in [0.15, 0.2) is 0 Å². The van der Waals surface area contributed by atoms with Gasteiger partial charge in [0, 0.05) is 22.8 Å². The Balaban J connectivity index is 1.48. The van der Waals surface area contributed by atoms with Gasteiger partial charge in [-0.05, 0) is 92.4 Å². The monoisotopic (exact) mass is 500 g/mol. The summed E-state index contributed by atoms with van der Waals surface area (Å²) in [6.07, 6.45) is 5.58. The van der Waals surface area contributed by atoms with E-state index in [0.717, 1.165) is 32.1 Å². The van der Waals surface area contributed by atoms with Crippen molar-refractivity contribution in [3.63, 3.8) is 0 Å². The lowest BCUT2D eigenvalue weighted by Gasteiger charge is -2.66. The lowest BCUT2D eigenvalue weighted by Crippen LogP contribution is -2.65. The standard InChI is InChI=1S/C29H37ClO5/c1-17-14-29-15-20(17)7-10-22(29)27(3)12-11-25(35-26(33)19-5-8-21(30)9-6-19)28(4,16-34-18(2)31)23(27)13-24(29)32/h5-6,8-9,20,22-25,32H,1,7,10-16H2,2-4H3/t20-,22-,23+,24-,25+,27-,28+,29+/m0/s1. The summed E-state index contributed by atoms with van der Waals surface area (Å²) < 4.78 is 11.8. The Morgan fingerprint density at radius 2 is 1.86 bits per heavy atom. The molecular formula is C29H37ClO5. The third kappa shape index (κ3) is 3.85. The number of allylic oxidation sites excluding steroid dienone is 1. The number of aliphatic hydroxyl groups excluding tert-OH is 1. The molecule has 190 valence electrons. The lowest BCUT2D eigenvalue weighted by molar-refractivity contribution is -0.232. The Kier molecular flexibility index (Phi) is 6.12. The van der Waals surface area contributed by atoms with E-state index in [0.29, 0.717) is 35.3 Å². The van der Waals surface area contributed by atoms with E-state index in [2.05, 4.69) is 20.4 Å². The number of rotatable bonds is 4. The SMILES string of the molecule is C=C1C[C@@]23C[C@@H]1CC[C@H]2[C@]1(C)CC[C@@H](OC(=O)c2ccc(Cl)cc2)[C@](C)(COC(C)=O)[C@@H]1C[C@@H]3O. The second-order valence-corrected chi connectivity index (χ2v) is 12.6. The van der Waals surface area contributed by atoms with Crippen LogP contribution >= 0.6 is 11.6 Å². The van der Waals surface area contributed by atoms with Gasteiger partial charge < -0.3 is 14.6 Å². The second kappa shape index (κ2) is 8.62. The van der Waals surface area contributed by atoms with Gasteiger partial charge in [-0.3, -0.25) is 4.79 Å². The highest BCUT2D eigenvalue weighted by Gasteiger charge is 2.68. The van der Waals surface area contributed by atoms with Crippen LogP contribution in [0.5, 0.6) is 0 Å². The highest BCUT2D eigenvalue weighted by molar-refractivity contribution is 6.30. The van der Waals surface area contributed by atoms with E-state index in [1.54, 1.807) is 24.3 Å². The number of carbonyl (C=O) groups excluding carboxylic acids is 2. The number of fused-ring (bicyclic) bond motifs is 3. The van der Waals surface area contributed by atoms with Gasteiger partial charge >= 0.3 is 11.9 Å². The number of hydrogen-bond donors (Lipinski definition) is 1. The minimum Gasteiger partial charge on any atom is -0.465 e. The fraction of sp³-hybridized carbons (Fsp3) is 0.655. The molecule has 1 aromatic rings. The zero-order valence-corrected chi connectivity index (χ0v) is 21.8. The molecule has 5 nitrogen and oxygen atoms in total. The van der Waals surface area contributed by atoms with Crippen LogP contribution in [0.25, 0.3) is 0 Å². The summed E-state index contributed by atoms with van der Waals surface area (Å²) in [5.41, 5.74) is 1.02. The van der Waals surface area contributed by atoms with Gasteiger partial charge in [0.1, 0.15) is 12.7 Å². The van der Waals surface area contributed by atoms with Crippen LogP contribution < -0.4 is 0 Å². The summed E-state index contributed by atoms with van der Waals surface area (Å²) >= 11 is 5.99. The average Bonchev–Trinajstić information content (AvgIpc) is 3.06. The van der Waals surface area contributed by atoms with Crippen LogP contribution in [0.2, 0.25) is 5.02 Å². The smallest absolute Gasteiger partial charge is 0.338 e. The molecule has 1 N–H and O–H groups in total. The molecule has 4 aliphatic rings. The molecule has 0 aromatic heterocycles. The number of benzene rings is 1. The van der Waals surface area contributed by atoms with Crippen LogP contribution in [0.3, 0.4) is 0 Å². The van der Waals surface area contributed by atoms with Crippen molar-refractivity contribution in [1.82, 2.24) is 0 Å². The van der Waals surface area contributed by atoms with Crippen LogP contribution in [-0.4, -0.2) is 35.9 Å². The first-order chi connectivity index (χ1) is 16.5. The Labute approximate surface area is 213 Å². The molecule has 35 heavy (non-hydrogen) atoms. The van der Waals surface area contributed by atoms with E-state index in [1.807, 2.05) is 0 Å².